The second-order valence-corrected chi connectivity index (χ2v) is 5.74. The van der Waals surface area contributed by atoms with Gasteiger partial charge in [0, 0.05) is 0 Å². The average Bonchev–Trinajstić information content (AvgIpc) is 2.90. The van der Waals surface area contributed by atoms with Crippen molar-refractivity contribution in [3.8, 4) is 5.75 Å². The van der Waals surface area contributed by atoms with E-state index in [1.54, 1.807) is 0 Å². The third kappa shape index (κ3) is 2.01. The number of aryl methyl sites for hydroxylation is 1. The minimum absolute atomic E-state index is 0.771. The molecule has 17 heavy (non-hydrogen) atoms. The number of nitrogens with two attached hydrogens (primary N) is 1. The van der Waals surface area contributed by atoms with Gasteiger partial charge in [-0.25, -0.2) is 0 Å². The van der Waals surface area contributed by atoms with Crippen LogP contribution in [0.4, 0.5) is 5.69 Å². The zero-order chi connectivity index (χ0) is 11.8. The maximum atomic E-state index is 5.98. The fourth-order valence-electron chi connectivity index (χ4n) is 3.64. The standard InChI is InChI=1S/C15H21NO/c1-10-3-2-4-14(16)15(10)17-9-13-8-11-5-6-12(13)7-11/h2-4,11-13H,5-9,16H2,1H3. The van der Waals surface area contributed by atoms with Crippen LogP contribution in [0.3, 0.4) is 0 Å². The lowest BCUT2D eigenvalue weighted by molar-refractivity contribution is 0.195. The van der Waals surface area contributed by atoms with Crippen molar-refractivity contribution in [1.29, 1.82) is 0 Å². The van der Waals surface area contributed by atoms with E-state index in [-0.39, 0.29) is 0 Å². The molecular formula is C15H21NO. The summed E-state index contributed by atoms with van der Waals surface area (Å²) >= 11 is 0. The minimum atomic E-state index is 0.771. The Kier molecular flexibility index (Phi) is 2.73. The van der Waals surface area contributed by atoms with Crippen LogP contribution < -0.4 is 10.5 Å². The van der Waals surface area contributed by atoms with E-state index >= 15 is 0 Å². The summed E-state index contributed by atoms with van der Waals surface area (Å²) in [7, 11) is 0. The zero-order valence-electron chi connectivity index (χ0n) is 10.5. The number of benzene rings is 1. The van der Waals surface area contributed by atoms with Crippen molar-refractivity contribution in [2.24, 2.45) is 17.8 Å². The lowest BCUT2D eigenvalue weighted by Crippen LogP contribution is -2.19. The monoisotopic (exact) mass is 231 g/mol. The van der Waals surface area contributed by atoms with Gasteiger partial charge in [-0.2, -0.15) is 0 Å². The minimum Gasteiger partial charge on any atom is -0.491 e. The Labute approximate surface area is 103 Å². The number of rotatable bonds is 3. The molecule has 2 saturated carbocycles. The molecule has 0 aromatic heterocycles. The number of hydrogen-bond donors (Lipinski definition) is 1. The molecule has 92 valence electrons. The van der Waals surface area contributed by atoms with E-state index in [1.807, 2.05) is 12.1 Å². The quantitative estimate of drug-likeness (QED) is 0.809. The molecule has 0 aliphatic heterocycles. The fraction of sp³-hybridized carbons (Fsp3) is 0.600. The highest BCUT2D eigenvalue weighted by Gasteiger charge is 2.39. The van der Waals surface area contributed by atoms with Gasteiger partial charge in [0.25, 0.3) is 0 Å². The topological polar surface area (TPSA) is 35.2 Å². The summed E-state index contributed by atoms with van der Waals surface area (Å²) in [6, 6.07) is 5.96. The molecule has 2 aliphatic rings. The van der Waals surface area contributed by atoms with Gasteiger partial charge in [-0.3, -0.25) is 0 Å². The van der Waals surface area contributed by atoms with Crippen LogP contribution in [0.5, 0.6) is 5.75 Å². The summed E-state index contributed by atoms with van der Waals surface area (Å²) in [6.07, 6.45) is 5.68. The normalized spacial score (nSPS) is 30.8. The van der Waals surface area contributed by atoms with E-state index in [0.29, 0.717) is 0 Å². The van der Waals surface area contributed by atoms with Crippen LogP contribution >= 0.6 is 0 Å². The molecule has 2 heteroatoms. The number of fused-ring (bicyclic) bond motifs is 2. The Morgan fingerprint density at radius 3 is 2.82 bits per heavy atom. The van der Waals surface area contributed by atoms with Crippen LogP contribution in [0.1, 0.15) is 31.2 Å². The third-order valence-electron chi connectivity index (χ3n) is 4.57. The molecule has 2 nitrogen and oxygen atoms in total. The lowest BCUT2D eigenvalue weighted by Gasteiger charge is -2.22. The Bertz CT molecular complexity index is 395. The molecule has 2 N–H and O–H groups in total. The SMILES string of the molecule is Cc1cccc(N)c1OCC1CC2CCC1C2. The van der Waals surface area contributed by atoms with Crippen molar-refractivity contribution < 1.29 is 4.74 Å². The predicted molar refractivity (Wildman–Crippen MR) is 70.0 cm³/mol. The van der Waals surface area contributed by atoms with Crippen molar-refractivity contribution >= 4 is 5.69 Å². The van der Waals surface area contributed by atoms with Gasteiger partial charge in [-0.15, -0.1) is 0 Å². The summed E-state index contributed by atoms with van der Waals surface area (Å²) in [5.74, 6) is 3.58. The number of para-hydroxylation sites is 1. The summed E-state index contributed by atoms with van der Waals surface area (Å²) in [4.78, 5) is 0. The highest BCUT2D eigenvalue weighted by Crippen LogP contribution is 2.48. The van der Waals surface area contributed by atoms with Gasteiger partial charge >= 0.3 is 0 Å². The Morgan fingerprint density at radius 1 is 1.29 bits per heavy atom. The van der Waals surface area contributed by atoms with Gasteiger partial charge in [0.05, 0.1) is 12.3 Å². The van der Waals surface area contributed by atoms with Gasteiger partial charge in [0.1, 0.15) is 5.75 Å². The number of ether oxygens (including phenoxy) is 1. The van der Waals surface area contributed by atoms with Crippen molar-refractivity contribution in [3.63, 3.8) is 0 Å². The lowest BCUT2D eigenvalue weighted by atomic mass is 9.89. The van der Waals surface area contributed by atoms with E-state index in [9.17, 15) is 0 Å². The van der Waals surface area contributed by atoms with Crippen LogP contribution in [-0.2, 0) is 0 Å². The van der Waals surface area contributed by atoms with Gasteiger partial charge in [-0.1, -0.05) is 18.6 Å². The maximum Gasteiger partial charge on any atom is 0.145 e. The molecule has 2 aliphatic carbocycles. The van der Waals surface area contributed by atoms with Crippen LogP contribution in [0.15, 0.2) is 18.2 Å². The molecule has 1 aromatic rings. The summed E-state index contributed by atoms with van der Waals surface area (Å²) in [6.45, 7) is 2.92. The first-order chi connectivity index (χ1) is 8.24. The molecule has 3 unspecified atom stereocenters. The van der Waals surface area contributed by atoms with E-state index in [1.165, 1.54) is 25.7 Å². The zero-order valence-corrected chi connectivity index (χ0v) is 10.5. The van der Waals surface area contributed by atoms with Crippen LogP contribution in [0.25, 0.3) is 0 Å². The molecule has 3 rings (SSSR count). The molecule has 1 aromatic carbocycles. The molecule has 0 radical (unpaired) electrons. The van der Waals surface area contributed by atoms with E-state index in [2.05, 4.69) is 13.0 Å². The Balaban J connectivity index is 1.64. The van der Waals surface area contributed by atoms with Crippen molar-refractivity contribution in [3.05, 3.63) is 23.8 Å². The van der Waals surface area contributed by atoms with Gasteiger partial charge < -0.3 is 10.5 Å². The number of hydrogen-bond acceptors (Lipinski definition) is 2. The molecule has 0 saturated heterocycles. The van der Waals surface area contributed by atoms with Crippen molar-refractivity contribution in [2.45, 2.75) is 32.6 Å². The molecule has 0 heterocycles. The molecule has 3 atom stereocenters. The molecule has 2 bridgehead atoms. The second-order valence-electron chi connectivity index (χ2n) is 5.74. The van der Waals surface area contributed by atoms with Crippen LogP contribution in [0, 0.1) is 24.7 Å². The van der Waals surface area contributed by atoms with Crippen molar-refractivity contribution in [2.75, 3.05) is 12.3 Å². The Hall–Kier alpha value is -1.18. The molecule has 0 spiro atoms. The highest BCUT2D eigenvalue weighted by atomic mass is 16.5. The first-order valence-electron chi connectivity index (χ1n) is 6.72. The van der Waals surface area contributed by atoms with Crippen molar-refractivity contribution in [1.82, 2.24) is 0 Å². The molecular weight excluding hydrogens is 210 g/mol. The third-order valence-corrected chi connectivity index (χ3v) is 4.57. The predicted octanol–water partition coefficient (Wildman–Crippen LogP) is 3.39. The first-order valence-corrected chi connectivity index (χ1v) is 6.72. The second kappa shape index (κ2) is 4.25. The maximum absolute atomic E-state index is 5.98. The number of nitrogen functional groups attached to an aromatic ring is 1. The van der Waals surface area contributed by atoms with E-state index in [4.69, 9.17) is 10.5 Å². The summed E-state index contributed by atoms with van der Waals surface area (Å²) in [5.41, 5.74) is 7.87. The van der Waals surface area contributed by atoms with Gasteiger partial charge in [0.15, 0.2) is 0 Å². The Morgan fingerprint density at radius 2 is 2.18 bits per heavy atom. The first kappa shape index (κ1) is 10.9. The smallest absolute Gasteiger partial charge is 0.145 e. The summed E-state index contributed by atoms with van der Waals surface area (Å²) in [5, 5.41) is 0. The number of anilines is 1. The van der Waals surface area contributed by atoms with E-state index < -0.39 is 0 Å². The highest BCUT2D eigenvalue weighted by molar-refractivity contribution is 5.56. The van der Waals surface area contributed by atoms with Crippen LogP contribution in [-0.4, -0.2) is 6.61 Å². The van der Waals surface area contributed by atoms with Gasteiger partial charge in [0.2, 0.25) is 0 Å². The molecule has 0 amide bonds. The molecule has 2 fully saturated rings. The van der Waals surface area contributed by atoms with Gasteiger partial charge in [-0.05, 0) is 55.6 Å². The van der Waals surface area contributed by atoms with E-state index in [0.717, 1.165) is 41.4 Å². The van der Waals surface area contributed by atoms with Crippen LogP contribution in [0.2, 0.25) is 0 Å². The average molecular weight is 231 g/mol. The fourth-order valence-corrected chi connectivity index (χ4v) is 3.64. The summed E-state index contributed by atoms with van der Waals surface area (Å²) < 4.78 is 5.98. The largest absolute Gasteiger partial charge is 0.491 e.